The van der Waals surface area contributed by atoms with Crippen molar-refractivity contribution in [1.29, 1.82) is 0 Å². The van der Waals surface area contributed by atoms with Crippen LogP contribution in [0.3, 0.4) is 0 Å². The molecule has 26 heavy (non-hydrogen) atoms. The van der Waals surface area contributed by atoms with Gasteiger partial charge in [0.25, 0.3) is 0 Å². The van der Waals surface area contributed by atoms with Gasteiger partial charge in [0, 0.05) is 24.5 Å². The number of benzene rings is 1. The number of ketones is 1. The van der Waals surface area contributed by atoms with Crippen LogP contribution in [0.25, 0.3) is 6.08 Å². The molecule has 1 heterocycles. The van der Waals surface area contributed by atoms with Gasteiger partial charge < -0.3 is 19.7 Å². The van der Waals surface area contributed by atoms with Crippen molar-refractivity contribution in [2.45, 2.75) is 38.4 Å². The smallest absolute Gasteiger partial charge is 0.342 e. The van der Waals surface area contributed by atoms with Crippen LogP contribution >= 0.6 is 15.9 Å². The quantitative estimate of drug-likeness (QED) is 0.671. The monoisotopic (exact) mass is 424 g/mol. The maximum Gasteiger partial charge on any atom is 0.342 e. The molecule has 2 atom stereocenters. The molecule has 6 nitrogen and oxygen atoms in total. The van der Waals surface area contributed by atoms with Crippen LogP contribution < -0.4 is 4.74 Å². The summed E-state index contributed by atoms with van der Waals surface area (Å²) in [7, 11) is 1.45. The minimum Gasteiger partial charge on any atom is -0.507 e. The SMILES string of the molecule is COc1cc(O)c2c(c1Br)/C=C/C[C@H](O)CC(=O)/C=C\C[C@H](C)OC2=O. The Kier molecular flexibility index (Phi) is 6.99. The highest BCUT2D eigenvalue weighted by atomic mass is 79.9. The minimum absolute atomic E-state index is 0.00635. The van der Waals surface area contributed by atoms with Crippen LogP contribution in [0.5, 0.6) is 11.5 Å². The van der Waals surface area contributed by atoms with Gasteiger partial charge in [0.1, 0.15) is 23.2 Å². The summed E-state index contributed by atoms with van der Waals surface area (Å²) in [6.07, 6.45) is 5.46. The zero-order chi connectivity index (χ0) is 19.3. The molecule has 0 saturated carbocycles. The number of carbonyl (C=O) groups excluding carboxylic acids is 2. The van der Waals surface area contributed by atoms with E-state index in [0.717, 1.165) is 0 Å². The van der Waals surface area contributed by atoms with Gasteiger partial charge in [0.15, 0.2) is 5.78 Å². The summed E-state index contributed by atoms with van der Waals surface area (Å²) in [6, 6.07) is 1.33. The molecule has 1 aromatic rings. The number of methoxy groups -OCH3 is 1. The fraction of sp³-hybridized carbons (Fsp3) is 0.368. The lowest BCUT2D eigenvalue weighted by Crippen LogP contribution is -2.16. The van der Waals surface area contributed by atoms with Gasteiger partial charge in [-0.3, -0.25) is 4.79 Å². The lowest BCUT2D eigenvalue weighted by Gasteiger charge is -2.17. The van der Waals surface area contributed by atoms with Crippen LogP contribution in [0.15, 0.2) is 28.8 Å². The molecule has 0 spiro atoms. The molecule has 0 radical (unpaired) electrons. The van der Waals surface area contributed by atoms with Crippen LogP contribution in [-0.4, -0.2) is 41.3 Å². The van der Waals surface area contributed by atoms with Gasteiger partial charge in [-0.15, -0.1) is 0 Å². The molecule has 2 N–H and O–H groups in total. The third-order valence-corrected chi connectivity index (χ3v) is 4.70. The molecule has 1 aliphatic rings. The van der Waals surface area contributed by atoms with Crippen molar-refractivity contribution < 1.29 is 29.3 Å². The van der Waals surface area contributed by atoms with E-state index in [0.29, 0.717) is 22.2 Å². The first kappa shape index (κ1) is 20.2. The predicted molar refractivity (Wildman–Crippen MR) is 100 cm³/mol. The number of aliphatic hydroxyl groups excluding tert-OH is 1. The second kappa shape index (κ2) is 9.00. The standard InChI is InChI=1S/C19H21BrO6/c1-11-5-3-6-12(21)9-13(22)7-4-8-14-17(19(24)26-11)15(23)10-16(25-2)18(14)20/h3-4,6,8,10-11,13,22-23H,5,7,9H2,1-2H3/b6-3-,8-4+/t11-,13-/m0/s1. The first-order valence-corrected chi connectivity index (χ1v) is 8.97. The summed E-state index contributed by atoms with van der Waals surface area (Å²) >= 11 is 3.37. The molecule has 0 fully saturated rings. The van der Waals surface area contributed by atoms with Crippen molar-refractivity contribution in [2.75, 3.05) is 7.11 Å². The second-order valence-electron chi connectivity index (χ2n) is 6.02. The van der Waals surface area contributed by atoms with E-state index in [2.05, 4.69) is 15.9 Å². The van der Waals surface area contributed by atoms with E-state index in [-0.39, 0.29) is 29.9 Å². The van der Waals surface area contributed by atoms with E-state index in [1.54, 1.807) is 25.2 Å². The molecule has 0 unspecified atom stereocenters. The lowest BCUT2D eigenvalue weighted by atomic mass is 10.0. The van der Waals surface area contributed by atoms with Crippen LogP contribution in [0.4, 0.5) is 0 Å². The van der Waals surface area contributed by atoms with E-state index in [4.69, 9.17) is 9.47 Å². The molecular formula is C19H21BrO6. The number of hydrogen-bond acceptors (Lipinski definition) is 6. The van der Waals surface area contributed by atoms with Crippen LogP contribution in [0.1, 0.15) is 42.1 Å². The van der Waals surface area contributed by atoms with E-state index in [9.17, 15) is 19.8 Å². The Bertz CT molecular complexity index is 753. The number of halogens is 1. The number of fused-ring (bicyclic) bond motifs is 1. The van der Waals surface area contributed by atoms with Crippen molar-refractivity contribution in [1.82, 2.24) is 0 Å². The molecule has 7 heteroatoms. The number of esters is 1. The Morgan fingerprint density at radius 3 is 2.62 bits per heavy atom. The maximum atomic E-state index is 12.6. The summed E-state index contributed by atoms with van der Waals surface area (Å²) in [5.41, 5.74) is 0.387. The largest absolute Gasteiger partial charge is 0.507 e. The minimum atomic E-state index is -0.836. The predicted octanol–water partition coefficient (Wildman–Crippen LogP) is 3.39. The molecule has 1 aliphatic heterocycles. The molecule has 0 amide bonds. The lowest BCUT2D eigenvalue weighted by molar-refractivity contribution is -0.116. The highest BCUT2D eigenvalue weighted by Crippen LogP contribution is 2.38. The van der Waals surface area contributed by atoms with Gasteiger partial charge >= 0.3 is 5.97 Å². The summed E-state index contributed by atoms with van der Waals surface area (Å²) in [6.45, 7) is 1.69. The number of aromatic hydroxyl groups is 1. The molecule has 140 valence electrons. The number of phenols is 1. The maximum absolute atomic E-state index is 12.6. The number of carbonyl (C=O) groups is 2. The molecule has 0 aromatic heterocycles. The van der Waals surface area contributed by atoms with Crippen LogP contribution in [0, 0.1) is 0 Å². The summed E-state index contributed by atoms with van der Waals surface area (Å²) in [5, 5.41) is 20.3. The van der Waals surface area contributed by atoms with Gasteiger partial charge in [0.2, 0.25) is 0 Å². The van der Waals surface area contributed by atoms with Crippen molar-refractivity contribution in [3.63, 3.8) is 0 Å². The normalized spacial score (nSPS) is 24.2. The number of aliphatic hydroxyl groups is 1. The van der Waals surface area contributed by atoms with E-state index >= 15 is 0 Å². The van der Waals surface area contributed by atoms with Crippen molar-refractivity contribution >= 4 is 33.8 Å². The average Bonchev–Trinajstić information content (AvgIpc) is 2.56. The fourth-order valence-electron chi connectivity index (χ4n) is 2.57. The molecule has 0 saturated heterocycles. The molecule has 2 rings (SSSR count). The highest BCUT2D eigenvalue weighted by molar-refractivity contribution is 9.10. The summed E-state index contributed by atoms with van der Waals surface area (Å²) in [4.78, 5) is 24.3. The zero-order valence-electron chi connectivity index (χ0n) is 14.6. The number of ether oxygens (including phenoxy) is 2. The van der Waals surface area contributed by atoms with Crippen LogP contribution in [-0.2, 0) is 9.53 Å². The highest BCUT2D eigenvalue weighted by Gasteiger charge is 2.24. The first-order valence-electron chi connectivity index (χ1n) is 8.17. The second-order valence-corrected chi connectivity index (χ2v) is 6.81. The van der Waals surface area contributed by atoms with Gasteiger partial charge in [-0.05, 0) is 35.4 Å². The third-order valence-electron chi connectivity index (χ3n) is 3.88. The fourth-order valence-corrected chi connectivity index (χ4v) is 3.17. The van der Waals surface area contributed by atoms with Crippen molar-refractivity contribution in [2.24, 2.45) is 0 Å². The Hall–Kier alpha value is -2.12. The molecular weight excluding hydrogens is 404 g/mol. The van der Waals surface area contributed by atoms with Crippen molar-refractivity contribution in [3.8, 4) is 11.5 Å². The van der Waals surface area contributed by atoms with Crippen LogP contribution in [0.2, 0.25) is 0 Å². The molecule has 0 aliphatic carbocycles. The van der Waals surface area contributed by atoms with Gasteiger partial charge in [-0.25, -0.2) is 4.79 Å². The molecule has 1 aromatic carbocycles. The summed E-state index contributed by atoms with van der Waals surface area (Å²) < 4.78 is 11.1. The average molecular weight is 425 g/mol. The third kappa shape index (κ3) is 4.95. The molecule has 0 bridgehead atoms. The Labute approximate surface area is 160 Å². The topological polar surface area (TPSA) is 93.1 Å². The zero-order valence-corrected chi connectivity index (χ0v) is 16.2. The number of cyclic esters (lactones) is 1. The van der Waals surface area contributed by atoms with Gasteiger partial charge in [-0.2, -0.15) is 0 Å². The Morgan fingerprint density at radius 1 is 1.23 bits per heavy atom. The van der Waals surface area contributed by atoms with E-state index < -0.39 is 18.2 Å². The van der Waals surface area contributed by atoms with Gasteiger partial charge in [-0.1, -0.05) is 18.2 Å². The summed E-state index contributed by atoms with van der Waals surface area (Å²) in [5.74, 6) is -0.787. The first-order chi connectivity index (χ1) is 12.3. The van der Waals surface area contributed by atoms with E-state index in [1.165, 1.54) is 19.3 Å². The van der Waals surface area contributed by atoms with Gasteiger partial charge in [0.05, 0.1) is 17.7 Å². The van der Waals surface area contributed by atoms with Crippen molar-refractivity contribution in [3.05, 3.63) is 39.9 Å². The number of allylic oxidation sites excluding steroid dienone is 1. The Morgan fingerprint density at radius 2 is 1.92 bits per heavy atom. The van der Waals surface area contributed by atoms with E-state index in [1.807, 2.05) is 0 Å². The Balaban J connectivity index is 2.51. The number of rotatable bonds is 1. The number of phenolic OH excluding ortho intramolecular Hbond substituents is 1. The number of hydrogen-bond donors (Lipinski definition) is 2.